The van der Waals surface area contributed by atoms with Crippen LogP contribution < -0.4 is 4.72 Å². The molecule has 1 N–H and O–H groups in total. The van der Waals surface area contributed by atoms with Crippen LogP contribution in [0.5, 0.6) is 0 Å². The zero-order valence-electron chi connectivity index (χ0n) is 12.4. The molecule has 2 rings (SSSR count). The molecule has 0 atom stereocenters. The van der Waals surface area contributed by atoms with E-state index in [4.69, 9.17) is 0 Å². The van der Waals surface area contributed by atoms with E-state index in [0.29, 0.717) is 23.8 Å². The maximum absolute atomic E-state index is 12.1. The Morgan fingerprint density at radius 1 is 0.952 bits per heavy atom. The fourth-order valence-corrected chi connectivity index (χ4v) is 3.13. The van der Waals surface area contributed by atoms with Crippen LogP contribution >= 0.6 is 0 Å². The molecule has 0 unspecified atom stereocenters. The third-order valence-corrected chi connectivity index (χ3v) is 4.88. The Balaban J connectivity index is 1.92. The number of sulfonamides is 1. The van der Waals surface area contributed by atoms with E-state index in [1.54, 1.807) is 30.3 Å². The fraction of sp³-hybridized carbons (Fsp3) is 0.294. The van der Waals surface area contributed by atoms with Gasteiger partial charge in [0.1, 0.15) is 0 Å². The molecule has 0 radical (unpaired) electrons. The van der Waals surface area contributed by atoms with Crippen molar-refractivity contribution in [3.63, 3.8) is 0 Å². The second-order valence-corrected chi connectivity index (χ2v) is 7.12. The summed E-state index contributed by atoms with van der Waals surface area (Å²) in [6.07, 6.45) is 0.685. The van der Waals surface area contributed by atoms with Crippen molar-refractivity contribution in [3.05, 3.63) is 65.7 Å². The highest BCUT2D eigenvalue weighted by Crippen LogP contribution is 2.15. The lowest BCUT2D eigenvalue weighted by molar-refractivity contribution is 0.581. The highest BCUT2D eigenvalue weighted by molar-refractivity contribution is 7.89. The first kappa shape index (κ1) is 15.7. The molecule has 0 heterocycles. The van der Waals surface area contributed by atoms with E-state index >= 15 is 0 Å². The van der Waals surface area contributed by atoms with Crippen LogP contribution in [0.15, 0.2) is 59.5 Å². The molecule has 0 amide bonds. The van der Waals surface area contributed by atoms with Gasteiger partial charge in [-0.05, 0) is 35.6 Å². The maximum Gasteiger partial charge on any atom is 0.240 e. The van der Waals surface area contributed by atoms with Crippen molar-refractivity contribution in [1.82, 2.24) is 4.72 Å². The van der Waals surface area contributed by atoms with Crippen molar-refractivity contribution >= 4 is 10.0 Å². The van der Waals surface area contributed by atoms with Gasteiger partial charge in [-0.25, -0.2) is 13.1 Å². The molecule has 0 aliphatic rings. The van der Waals surface area contributed by atoms with Gasteiger partial charge in [-0.1, -0.05) is 56.3 Å². The Hall–Kier alpha value is -1.65. The fourth-order valence-electron chi connectivity index (χ4n) is 2.08. The average Bonchev–Trinajstić information content (AvgIpc) is 2.48. The predicted molar refractivity (Wildman–Crippen MR) is 85.9 cm³/mol. The molecular formula is C17H21NO2S. The molecule has 0 bridgehead atoms. The number of rotatable bonds is 6. The van der Waals surface area contributed by atoms with E-state index < -0.39 is 10.0 Å². The van der Waals surface area contributed by atoms with Crippen LogP contribution in [0.4, 0.5) is 0 Å². The quantitative estimate of drug-likeness (QED) is 0.889. The lowest BCUT2D eigenvalue weighted by Crippen LogP contribution is -2.25. The Kier molecular flexibility index (Phi) is 5.15. The van der Waals surface area contributed by atoms with Crippen molar-refractivity contribution in [2.45, 2.75) is 31.1 Å². The summed E-state index contributed by atoms with van der Waals surface area (Å²) >= 11 is 0. The molecule has 4 heteroatoms. The standard InChI is InChI=1S/C17H21NO2S/c1-14(2)16-10-8-15(9-11-16)12-13-18-21(19,20)17-6-4-3-5-7-17/h3-11,14,18H,12-13H2,1-2H3. The molecule has 0 saturated carbocycles. The average molecular weight is 303 g/mol. The van der Waals surface area contributed by atoms with Crippen LogP contribution in [0.25, 0.3) is 0 Å². The summed E-state index contributed by atoms with van der Waals surface area (Å²) in [6.45, 7) is 4.71. The van der Waals surface area contributed by atoms with Crippen molar-refractivity contribution < 1.29 is 8.42 Å². The first-order valence-electron chi connectivity index (χ1n) is 7.12. The zero-order valence-corrected chi connectivity index (χ0v) is 13.2. The topological polar surface area (TPSA) is 46.2 Å². The van der Waals surface area contributed by atoms with E-state index in [2.05, 4.69) is 42.8 Å². The van der Waals surface area contributed by atoms with Gasteiger partial charge in [-0.3, -0.25) is 0 Å². The molecule has 0 fully saturated rings. The van der Waals surface area contributed by atoms with Gasteiger partial charge in [0.2, 0.25) is 10.0 Å². The smallest absolute Gasteiger partial charge is 0.211 e. The van der Waals surface area contributed by atoms with Gasteiger partial charge < -0.3 is 0 Å². The zero-order chi connectivity index (χ0) is 15.3. The number of benzene rings is 2. The van der Waals surface area contributed by atoms with Crippen molar-refractivity contribution in [1.29, 1.82) is 0 Å². The van der Waals surface area contributed by atoms with E-state index in [9.17, 15) is 8.42 Å². The van der Waals surface area contributed by atoms with Crippen LogP contribution in [0.2, 0.25) is 0 Å². The van der Waals surface area contributed by atoms with E-state index in [1.165, 1.54) is 5.56 Å². The lowest BCUT2D eigenvalue weighted by Gasteiger charge is -2.08. The van der Waals surface area contributed by atoms with Gasteiger partial charge in [0.05, 0.1) is 4.90 Å². The van der Waals surface area contributed by atoms with Crippen LogP contribution in [0, 0.1) is 0 Å². The number of hydrogen-bond acceptors (Lipinski definition) is 2. The Bertz CT molecular complexity index is 662. The molecule has 0 aromatic heterocycles. The second-order valence-electron chi connectivity index (χ2n) is 5.36. The minimum Gasteiger partial charge on any atom is -0.211 e. The molecule has 112 valence electrons. The van der Waals surface area contributed by atoms with Gasteiger partial charge in [0.15, 0.2) is 0 Å². The van der Waals surface area contributed by atoms with Crippen LogP contribution in [-0.4, -0.2) is 15.0 Å². The van der Waals surface area contributed by atoms with Gasteiger partial charge >= 0.3 is 0 Å². The number of hydrogen-bond donors (Lipinski definition) is 1. The highest BCUT2D eigenvalue weighted by Gasteiger charge is 2.12. The van der Waals surface area contributed by atoms with E-state index in [0.717, 1.165) is 5.56 Å². The first-order chi connectivity index (χ1) is 9.99. The molecular weight excluding hydrogens is 282 g/mol. The third kappa shape index (κ3) is 4.41. The third-order valence-electron chi connectivity index (χ3n) is 3.41. The molecule has 0 spiro atoms. The normalized spacial score (nSPS) is 11.8. The van der Waals surface area contributed by atoms with Gasteiger partial charge in [-0.15, -0.1) is 0 Å². The van der Waals surface area contributed by atoms with E-state index in [-0.39, 0.29) is 0 Å². The first-order valence-corrected chi connectivity index (χ1v) is 8.61. The van der Waals surface area contributed by atoms with Gasteiger partial charge in [0, 0.05) is 6.54 Å². The van der Waals surface area contributed by atoms with Crippen LogP contribution in [-0.2, 0) is 16.4 Å². The van der Waals surface area contributed by atoms with Crippen molar-refractivity contribution in [3.8, 4) is 0 Å². The van der Waals surface area contributed by atoms with Crippen molar-refractivity contribution in [2.24, 2.45) is 0 Å². The van der Waals surface area contributed by atoms with Gasteiger partial charge in [0.25, 0.3) is 0 Å². The lowest BCUT2D eigenvalue weighted by atomic mass is 10.0. The predicted octanol–water partition coefficient (Wildman–Crippen LogP) is 3.33. The molecule has 0 aliphatic carbocycles. The maximum atomic E-state index is 12.1. The molecule has 0 saturated heterocycles. The summed E-state index contributed by atoms with van der Waals surface area (Å²) in [6, 6.07) is 16.8. The summed E-state index contributed by atoms with van der Waals surface area (Å²) in [5.74, 6) is 0.510. The minimum absolute atomic E-state index is 0.306. The summed E-state index contributed by atoms with van der Waals surface area (Å²) < 4.78 is 26.7. The van der Waals surface area contributed by atoms with Crippen LogP contribution in [0.3, 0.4) is 0 Å². The Morgan fingerprint density at radius 3 is 2.14 bits per heavy atom. The molecule has 2 aromatic rings. The Morgan fingerprint density at radius 2 is 1.57 bits per heavy atom. The molecule has 2 aromatic carbocycles. The summed E-state index contributed by atoms with van der Waals surface area (Å²) in [5.41, 5.74) is 2.43. The summed E-state index contributed by atoms with van der Waals surface area (Å²) in [5, 5.41) is 0. The second kappa shape index (κ2) is 6.87. The van der Waals surface area contributed by atoms with E-state index in [1.807, 2.05) is 0 Å². The molecule has 0 aliphatic heterocycles. The summed E-state index contributed by atoms with van der Waals surface area (Å²) in [7, 11) is -3.40. The Labute approximate surface area is 127 Å². The van der Waals surface area contributed by atoms with Gasteiger partial charge in [-0.2, -0.15) is 0 Å². The van der Waals surface area contributed by atoms with Crippen LogP contribution in [0.1, 0.15) is 30.9 Å². The summed E-state index contributed by atoms with van der Waals surface area (Å²) in [4.78, 5) is 0.306. The molecule has 21 heavy (non-hydrogen) atoms. The van der Waals surface area contributed by atoms with Crippen molar-refractivity contribution in [2.75, 3.05) is 6.54 Å². The highest BCUT2D eigenvalue weighted by atomic mass is 32.2. The number of nitrogens with one attached hydrogen (secondary N) is 1. The minimum atomic E-state index is -3.40. The SMILES string of the molecule is CC(C)c1ccc(CCNS(=O)(=O)c2ccccc2)cc1. The largest absolute Gasteiger partial charge is 0.240 e. The molecule has 3 nitrogen and oxygen atoms in total. The monoisotopic (exact) mass is 303 g/mol.